The third kappa shape index (κ3) is 3.22. The lowest BCUT2D eigenvalue weighted by molar-refractivity contribution is 0.141. The van der Waals surface area contributed by atoms with Crippen LogP contribution in [0.1, 0.15) is 18.4 Å². The highest BCUT2D eigenvalue weighted by Crippen LogP contribution is 2.18. The molecule has 88 valence electrons. The van der Waals surface area contributed by atoms with E-state index < -0.39 is 0 Å². The largest absolute Gasteiger partial charge is 0.488 e. The first-order chi connectivity index (χ1) is 7.88. The lowest BCUT2D eigenvalue weighted by Gasteiger charge is -2.11. The Labute approximate surface area is 96.0 Å². The van der Waals surface area contributed by atoms with E-state index in [4.69, 9.17) is 14.6 Å². The van der Waals surface area contributed by atoms with Crippen molar-refractivity contribution in [2.75, 3.05) is 19.8 Å². The van der Waals surface area contributed by atoms with E-state index in [0.29, 0.717) is 6.61 Å². The summed E-state index contributed by atoms with van der Waals surface area (Å²) in [6.07, 6.45) is 2.93. The second kappa shape index (κ2) is 5.87. The second-order valence-corrected chi connectivity index (χ2v) is 4.07. The molecule has 3 nitrogen and oxygen atoms in total. The van der Waals surface area contributed by atoms with E-state index in [-0.39, 0.29) is 12.7 Å². The Morgan fingerprint density at radius 3 is 2.75 bits per heavy atom. The minimum atomic E-state index is 0.211. The molecule has 1 aliphatic rings. The van der Waals surface area contributed by atoms with Gasteiger partial charge in [0.1, 0.15) is 11.9 Å². The van der Waals surface area contributed by atoms with E-state index in [2.05, 4.69) is 12.1 Å². The Hall–Kier alpha value is -1.06. The number of rotatable bonds is 5. The molecule has 1 unspecified atom stereocenters. The van der Waals surface area contributed by atoms with Gasteiger partial charge in [0.15, 0.2) is 0 Å². The molecular formula is C13H18O3. The van der Waals surface area contributed by atoms with Gasteiger partial charge in [0.25, 0.3) is 0 Å². The summed E-state index contributed by atoms with van der Waals surface area (Å²) < 4.78 is 11.0. The van der Waals surface area contributed by atoms with Gasteiger partial charge in [-0.05, 0) is 30.5 Å². The molecule has 3 heteroatoms. The Kier molecular flexibility index (Phi) is 4.19. The van der Waals surface area contributed by atoms with Crippen LogP contribution in [0.3, 0.4) is 0 Å². The predicted molar refractivity (Wildman–Crippen MR) is 61.7 cm³/mol. The average Bonchev–Trinajstić information content (AvgIpc) is 2.81. The van der Waals surface area contributed by atoms with E-state index in [1.54, 1.807) is 0 Å². The highest BCUT2D eigenvalue weighted by atomic mass is 16.5. The molecule has 0 bridgehead atoms. The minimum Gasteiger partial charge on any atom is -0.488 e. The highest BCUT2D eigenvalue weighted by Gasteiger charge is 2.16. The van der Waals surface area contributed by atoms with E-state index in [0.717, 1.165) is 31.6 Å². The van der Waals surface area contributed by atoms with Gasteiger partial charge in [-0.15, -0.1) is 0 Å². The van der Waals surface area contributed by atoms with Crippen LogP contribution >= 0.6 is 0 Å². The van der Waals surface area contributed by atoms with E-state index in [9.17, 15) is 0 Å². The molecule has 0 aliphatic carbocycles. The van der Waals surface area contributed by atoms with Crippen molar-refractivity contribution < 1.29 is 14.6 Å². The van der Waals surface area contributed by atoms with Crippen LogP contribution in [0.25, 0.3) is 0 Å². The van der Waals surface area contributed by atoms with Crippen molar-refractivity contribution in [3.63, 3.8) is 0 Å². The van der Waals surface area contributed by atoms with Crippen LogP contribution in [0.15, 0.2) is 24.3 Å². The van der Waals surface area contributed by atoms with Crippen molar-refractivity contribution in [1.29, 1.82) is 0 Å². The summed E-state index contributed by atoms with van der Waals surface area (Å²) in [6.45, 7) is 1.75. The molecule has 1 aliphatic heterocycles. The zero-order valence-electron chi connectivity index (χ0n) is 9.39. The summed E-state index contributed by atoms with van der Waals surface area (Å²) in [6, 6.07) is 8.09. The van der Waals surface area contributed by atoms with Gasteiger partial charge in [-0.2, -0.15) is 0 Å². The molecule has 0 spiro atoms. The number of aliphatic hydroxyl groups excluding tert-OH is 1. The number of aryl methyl sites for hydroxylation is 1. The van der Waals surface area contributed by atoms with Crippen molar-refractivity contribution in [1.82, 2.24) is 0 Å². The number of aliphatic hydroxyl groups is 1. The Bertz CT molecular complexity index is 301. The molecule has 1 heterocycles. The lowest BCUT2D eigenvalue weighted by Crippen LogP contribution is -2.15. The maximum atomic E-state index is 8.73. The summed E-state index contributed by atoms with van der Waals surface area (Å²) in [5, 5.41) is 8.73. The zero-order chi connectivity index (χ0) is 11.2. The van der Waals surface area contributed by atoms with Crippen LogP contribution in [0, 0.1) is 0 Å². The van der Waals surface area contributed by atoms with Crippen molar-refractivity contribution in [2.45, 2.75) is 25.4 Å². The fourth-order valence-electron chi connectivity index (χ4n) is 1.82. The van der Waals surface area contributed by atoms with Gasteiger partial charge in [-0.25, -0.2) is 0 Å². The first kappa shape index (κ1) is 11.4. The van der Waals surface area contributed by atoms with Crippen molar-refractivity contribution >= 4 is 0 Å². The number of benzene rings is 1. The number of hydrogen-bond donors (Lipinski definition) is 1. The Morgan fingerprint density at radius 2 is 2.12 bits per heavy atom. The molecule has 2 rings (SSSR count). The molecule has 16 heavy (non-hydrogen) atoms. The monoisotopic (exact) mass is 222 g/mol. The van der Waals surface area contributed by atoms with Gasteiger partial charge in [-0.1, -0.05) is 12.1 Å². The first-order valence-electron chi connectivity index (χ1n) is 5.82. The third-order valence-corrected chi connectivity index (χ3v) is 2.74. The summed E-state index contributed by atoms with van der Waals surface area (Å²) in [5.74, 6) is 0.906. The van der Waals surface area contributed by atoms with Gasteiger partial charge in [-0.3, -0.25) is 0 Å². The van der Waals surface area contributed by atoms with Crippen LogP contribution in [-0.2, 0) is 11.2 Å². The van der Waals surface area contributed by atoms with Crippen LogP contribution in [-0.4, -0.2) is 31.0 Å². The van der Waals surface area contributed by atoms with Crippen molar-refractivity contribution in [3.05, 3.63) is 29.8 Å². The molecule has 1 saturated heterocycles. The second-order valence-electron chi connectivity index (χ2n) is 4.07. The molecule has 1 aromatic carbocycles. The minimum absolute atomic E-state index is 0.211. The average molecular weight is 222 g/mol. The maximum Gasteiger partial charge on any atom is 0.124 e. The quantitative estimate of drug-likeness (QED) is 0.825. The fraction of sp³-hybridized carbons (Fsp3) is 0.538. The maximum absolute atomic E-state index is 8.73. The Balaban J connectivity index is 1.86. The zero-order valence-corrected chi connectivity index (χ0v) is 9.39. The molecule has 0 radical (unpaired) electrons. The first-order valence-corrected chi connectivity index (χ1v) is 5.82. The Morgan fingerprint density at radius 1 is 1.31 bits per heavy atom. The molecule has 0 amide bonds. The number of ether oxygens (including phenoxy) is 2. The lowest BCUT2D eigenvalue weighted by atomic mass is 10.1. The van der Waals surface area contributed by atoms with Crippen LogP contribution in [0.4, 0.5) is 0 Å². The molecule has 1 N–H and O–H groups in total. The van der Waals surface area contributed by atoms with E-state index in [1.165, 1.54) is 5.56 Å². The predicted octanol–water partition coefficient (Wildman–Crippen LogP) is 1.78. The molecule has 0 saturated carbocycles. The summed E-state index contributed by atoms with van der Waals surface area (Å²) in [7, 11) is 0. The van der Waals surface area contributed by atoms with Gasteiger partial charge in [0, 0.05) is 13.0 Å². The molecule has 1 fully saturated rings. The van der Waals surface area contributed by atoms with Gasteiger partial charge < -0.3 is 14.6 Å². The summed E-state index contributed by atoms with van der Waals surface area (Å²) in [4.78, 5) is 0. The van der Waals surface area contributed by atoms with E-state index in [1.807, 2.05) is 12.1 Å². The molecule has 1 aromatic rings. The topological polar surface area (TPSA) is 38.7 Å². The van der Waals surface area contributed by atoms with Gasteiger partial charge >= 0.3 is 0 Å². The summed E-state index contributed by atoms with van der Waals surface area (Å²) in [5.41, 5.74) is 1.24. The SMILES string of the molecule is OCCCc1ccc(OC2CCOC2)cc1. The fourth-order valence-corrected chi connectivity index (χ4v) is 1.82. The van der Waals surface area contributed by atoms with Crippen LogP contribution < -0.4 is 4.74 Å². The summed E-state index contributed by atoms with van der Waals surface area (Å²) >= 11 is 0. The van der Waals surface area contributed by atoms with Crippen molar-refractivity contribution in [3.8, 4) is 5.75 Å². The van der Waals surface area contributed by atoms with Crippen LogP contribution in [0.5, 0.6) is 5.75 Å². The van der Waals surface area contributed by atoms with Crippen molar-refractivity contribution in [2.24, 2.45) is 0 Å². The van der Waals surface area contributed by atoms with Crippen LogP contribution in [0.2, 0.25) is 0 Å². The van der Waals surface area contributed by atoms with Gasteiger partial charge in [0.05, 0.1) is 13.2 Å². The smallest absolute Gasteiger partial charge is 0.124 e. The third-order valence-electron chi connectivity index (χ3n) is 2.74. The molecule has 0 aromatic heterocycles. The molecular weight excluding hydrogens is 204 g/mol. The standard InChI is InChI=1S/C13H18O3/c14-8-1-2-11-3-5-12(6-4-11)16-13-7-9-15-10-13/h3-6,13-14H,1-2,7-10H2. The van der Waals surface area contributed by atoms with Gasteiger partial charge in [0.2, 0.25) is 0 Å². The molecule has 1 atom stereocenters. The number of hydrogen-bond acceptors (Lipinski definition) is 3. The highest BCUT2D eigenvalue weighted by molar-refractivity contribution is 5.27. The normalized spacial score (nSPS) is 19.9. The van der Waals surface area contributed by atoms with E-state index >= 15 is 0 Å².